The Hall–Kier alpha value is -3.14. The smallest absolute Gasteiger partial charge is 0.179 e. The number of methoxy groups -OCH3 is 1. The first-order valence-corrected chi connectivity index (χ1v) is 9.36. The Labute approximate surface area is 178 Å². The van der Waals surface area contributed by atoms with Crippen molar-refractivity contribution >= 4 is 34.9 Å². The molecule has 0 aliphatic rings. The molecule has 0 aliphatic heterocycles. The fourth-order valence-electron chi connectivity index (χ4n) is 2.52. The predicted octanol–water partition coefficient (Wildman–Crippen LogP) is 4.87. The van der Waals surface area contributed by atoms with Crippen LogP contribution in [0.2, 0.25) is 10.0 Å². The number of hydrogen-bond donors (Lipinski definition) is 0. The highest BCUT2D eigenvalue weighted by Gasteiger charge is 2.13. The van der Waals surface area contributed by atoms with E-state index in [4.69, 9.17) is 32.7 Å². The molecule has 3 rings (SSSR count). The van der Waals surface area contributed by atoms with Crippen LogP contribution >= 0.6 is 23.2 Å². The first kappa shape index (κ1) is 20.6. The molecule has 146 valence electrons. The van der Waals surface area contributed by atoms with Crippen molar-refractivity contribution in [3.63, 3.8) is 0 Å². The molecule has 3 aromatic heterocycles. The van der Waals surface area contributed by atoms with Gasteiger partial charge in [-0.1, -0.05) is 29.3 Å². The van der Waals surface area contributed by atoms with Crippen molar-refractivity contribution in [2.75, 3.05) is 13.7 Å². The molecule has 3 heterocycles. The summed E-state index contributed by atoms with van der Waals surface area (Å²) >= 11 is 12.3. The van der Waals surface area contributed by atoms with E-state index in [1.54, 1.807) is 18.3 Å². The average molecular weight is 427 g/mol. The lowest BCUT2D eigenvalue weighted by atomic mass is 10.1. The number of hydrogen-bond acceptors (Lipinski definition) is 6. The summed E-state index contributed by atoms with van der Waals surface area (Å²) < 4.78 is 11.2. The van der Waals surface area contributed by atoms with Crippen LogP contribution in [-0.2, 0) is 6.42 Å². The SMILES string of the molecule is COc1cnc(/C(C#N)=C/c2c(Cl)cncc2Cl)cc1OCCc1ccccn1. The van der Waals surface area contributed by atoms with Gasteiger partial charge in [-0.15, -0.1) is 0 Å². The molecule has 8 heteroatoms. The van der Waals surface area contributed by atoms with Crippen LogP contribution in [-0.4, -0.2) is 28.7 Å². The van der Waals surface area contributed by atoms with Crippen molar-refractivity contribution in [3.8, 4) is 17.6 Å². The van der Waals surface area contributed by atoms with Crippen molar-refractivity contribution in [3.05, 3.63) is 76.0 Å². The van der Waals surface area contributed by atoms with Crippen LogP contribution in [0.3, 0.4) is 0 Å². The number of halogens is 2. The molecule has 0 bridgehead atoms. The summed E-state index contributed by atoms with van der Waals surface area (Å²) in [4.78, 5) is 12.5. The van der Waals surface area contributed by atoms with E-state index < -0.39 is 0 Å². The second-order valence-electron chi connectivity index (χ2n) is 5.83. The Morgan fingerprint density at radius 1 is 1.14 bits per heavy atom. The largest absolute Gasteiger partial charge is 0.491 e. The van der Waals surface area contributed by atoms with Crippen molar-refractivity contribution in [1.29, 1.82) is 5.26 Å². The minimum atomic E-state index is 0.275. The number of nitriles is 1. The standard InChI is InChI=1S/C21H16Cl2N4O2/c1-28-21-13-27-19(9-20(21)29-7-5-15-4-2-3-6-26-15)14(10-24)8-16-17(22)11-25-12-18(16)23/h2-4,6,8-9,11-13H,5,7H2,1H3/b14-8+. The van der Waals surface area contributed by atoms with Gasteiger partial charge in [0.15, 0.2) is 11.5 Å². The van der Waals surface area contributed by atoms with Crippen molar-refractivity contribution in [1.82, 2.24) is 15.0 Å². The molecule has 0 saturated carbocycles. The fourth-order valence-corrected chi connectivity index (χ4v) is 2.99. The lowest BCUT2D eigenvalue weighted by Gasteiger charge is -2.11. The molecular weight excluding hydrogens is 411 g/mol. The van der Waals surface area contributed by atoms with Gasteiger partial charge in [0.25, 0.3) is 0 Å². The first-order chi connectivity index (χ1) is 14.1. The molecule has 29 heavy (non-hydrogen) atoms. The molecule has 0 aliphatic carbocycles. The van der Waals surface area contributed by atoms with Gasteiger partial charge >= 0.3 is 0 Å². The number of pyridine rings is 3. The molecule has 3 aromatic rings. The number of nitrogens with zero attached hydrogens (tertiary/aromatic N) is 4. The zero-order valence-electron chi connectivity index (χ0n) is 15.5. The Morgan fingerprint density at radius 2 is 1.93 bits per heavy atom. The number of aromatic nitrogens is 3. The highest BCUT2D eigenvalue weighted by atomic mass is 35.5. The fraction of sp³-hybridized carbons (Fsp3) is 0.143. The van der Waals surface area contributed by atoms with Gasteiger partial charge < -0.3 is 9.47 Å². The van der Waals surface area contributed by atoms with Gasteiger partial charge in [-0.25, -0.2) is 0 Å². The van der Waals surface area contributed by atoms with Crippen molar-refractivity contribution < 1.29 is 9.47 Å². The number of ether oxygens (including phenoxy) is 2. The summed E-state index contributed by atoms with van der Waals surface area (Å²) in [5.74, 6) is 0.938. The van der Waals surface area contributed by atoms with Gasteiger partial charge in [0.2, 0.25) is 0 Å². The Kier molecular flexibility index (Phi) is 7.01. The van der Waals surface area contributed by atoms with E-state index in [-0.39, 0.29) is 5.57 Å². The first-order valence-electron chi connectivity index (χ1n) is 8.60. The van der Waals surface area contributed by atoms with E-state index in [9.17, 15) is 5.26 Å². The molecule has 6 nitrogen and oxygen atoms in total. The van der Waals surface area contributed by atoms with E-state index in [0.29, 0.717) is 45.8 Å². The quantitative estimate of drug-likeness (QED) is 0.501. The lowest BCUT2D eigenvalue weighted by Crippen LogP contribution is -2.05. The van der Waals surface area contributed by atoms with Gasteiger partial charge in [-0.2, -0.15) is 5.26 Å². The average Bonchev–Trinajstić information content (AvgIpc) is 2.74. The van der Waals surface area contributed by atoms with Crippen LogP contribution in [0.15, 0.2) is 49.1 Å². The van der Waals surface area contributed by atoms with Crippen LogP contribution in [0, 0.1) is 11.3 Å². The maximum absolute atomic E-state index is 9.62. The lowest BCUT2D eigenvalue weighted by molar-refractivity contribution is 0.295. The number of allylic oxidation sites excluding steroid dienone is 1. The van der Waals surface area contributed by atoms with Gasteiger partial charge in [0, 0.05) is 42.3 Å². The molecule has 0 N–H and O–H groups in total. The molecule has 0 saturated heterocycles. The van der Waals surface area contributed by atoms with Gasteiger partial charge in [-0.3, -0.25) is 15.0 Å². The molecule has 0 fully saturated rings. The summed E-state index contributed by atoms with van der Waals surface area (Å²) in [5.41, 5.74) is 2.10. The van der Waals surface area contributed by atoms with Crippen LogP contribution in [0.25, 0.3) is 11.6 Å². The van der Waals surface area contributed by atoms with E-state index >= 15 is 0 Å². The highest BCUT2D eigenvalue weighted by molar-refractivity contribution is 6.37. The van der Waals surface area contributed by atoms with Crippen LogP contribution in [0.4, 0.5) is 0 Å². The second-order valence-corrected chi connectivity index (χ2v) is 6.64. The minimum absolute atomic E-state index is 0.275. The van der Waals surface area contributed by atoms with E-state index in [2.05, 4.69) is 21.0 Å². The zero-order valence-corrected chi connectivity index (χ0v) is 17.0. The molecule has 0 unspecified atom stereocenters. The zero-order chi connectivity index (χ0) is 20.6. The summed E-state index contributed by atoms with van der Waals surface area (Å²) in [6, 6.07) is 9.48. The van der Waals surface area contributed by atoms with Crippen molar-refractivity contribution in [2.45, 2.75) is 6.42 Å². The summed E-state index contributed by atoms with van der Waals surface area (Å²) in [6.45, 7) is 0.393. The Morgan fingerprint density at radius 3 is 2.59 bits per heavy atom. The third kappa shape index (κ3) is 5.23. The van der Waals surface area contributed by atoms with Gasteiger partial charge in [-0.05, 0) is 18.2 Å². The molecule has 0 radical (unpaired) electrons. The second kappa shape index (κ2) is 9.87. The third-order valence-corrected chi connectivity index (χ3v) is 4.57. The molecule has 0 spiro atoms. The topological polar surface area (TPSA) is 80.9 Å². The van der Waals surface area contributed by atoms with Crippen LogP contribution < -0.4 is 9.47 Å². The van der Waals surface area contributed by atoms with Gasteiger partial charge in [0.1, 0.15) is 6.07 Å². The molecule has 0 amide bonds. The molecule has 0 aromatic carbocycles. The van der Waals surface area contributed by atoms with Crippen LogP contribution in [0.5, 0.6) is 11.5 Å². The number of rotatable bonds is 7. The summed E-state index contributed by atoms with van der Waals surface area (Å²) in [5, 5.41) is 10.3. The monoisotopic (exact) mass is 426 g/mol. The normalized spacial score (nSPS) is 11.0. The minimum Gasteiger partial charge on any atom is -0.491 e. The van der Waals surface area contributed by atoms with Gasteiger partial charge in [0.05, 0.1) is 41.2 Å². The Bertz CT molecular complexity index is 1050. The van der Waals surface area contributed by atoms with E-state index in [1.165, 1.54) is 25.7 Å². The van der Waals surface area contributed by atoms with Crippen LogP contribution in [0.1, 0.15) is 17.0 Å². The Balaban J connectivity index is 1.86. The maximum atomic E-state index is 9.62. The molecular formula is C21H16Cl2N4O2. The predicted molar refractivity (Wildman–Crippen MR) is 112 cm³/mol. The van der Waals surface area contributed by atoms with Crippen molar-refractivity contribution in [2.24, 2.45) is 0 Å². The summed E-state index contributed by atoms with van der Waals surface area (Å²) in [7, 11) is 1.53. The third-order valence-electron chi connectivity index (χ3n) is 3.97. The molecule has 0 atom stereocenters. The highest BCUT2D eigenvalue weighted by Crippen LogP contribution is 2.31. The van der Waals surface area contributed by atoms with E-state index in [1.807, 2.05) is 18.2 Å². The summed E-state index contributed by atoms with van der Waals surface area (Å²) in [6.07, 6.45) is 8.36. The van der Waals surface area contributed by atoms with E-state index in [0.717, 1.165) is 5.69 Å². The maximum Gasteiger partial charge on any atom is 0.179 e.